The van der Waals surface area contributed by atoms with Crippen LogP contribution in [0.1, 0.15) is 127 Å². The summed E-state index contributed by atoms with van der Waals surface area (Å²) in [5.74, 6) is 0.183. The van der Waals surface area contributed by atoms with Crippen molar-refractivity contribution in [3.05, 3.63) is 24.2 Å². The summed E-state index contributed by atoms with van der Waals surface area (Å²) >= 11 is 0. The lowest BCUT2D eigenvalue weighted by molar-refractivity contribution is -0.135. The third kappa shape index (κ3) is 12.9. The van der Waals surface area contributed by atoms with E-state index in [0.717, 1.165) is 51.4 Å². The van der Waals surface area contributed by atoms with E-state index in [4.69, 9.17) is 19.5 Å². The lowest BCUT2D eigenvalue weighted by atomic mass is 9.96. The Labute approximate surface area is 280 Å². The lowest BCUT2D eigenvalue weighted by Crippen LogP contribution is -2.45. The molecule has 0 spiro atoms. The summed E-state index contributed by atoms with van der Waals surface area (Å²) in [5.41, 5.74) is 4.45. The Morgan fingerprint density at radius 1 is 0.917 bits per heavy atom. The van der Waals surface area contributed by atoms with Crippen molar-refractivity contribution in [2.75, 3.05) is 18.9 Å². The highest BCUT2D eigenvalue weighted by Crippen LogP contribution is 2.47. The summed E-state index contributed by atoms with van der Waals surface area (Å²) in [6.45, 7) is -0.833. The molecule has 5 N–H and O–H groups in total. The molecule has 1 aliphatic rings. The van der Waals surface area contributed by atoms with Crippen LogP contribution in [-0.4, -0.2) is 66.9 Å². The third-order valence-electron chi connectivity index (χ3n) is 8.74. The van der Waals surface area contributed by atoms with Gasteiger partial charge in [0.25, 0.3) is 0 Å². The number of phosphoric acid groups is 1. The number of aliphatic hydroxyl groups is 2. The average Bonchev–Trinajstić information content (AvgIpc) is 3.58. The van der Waals surface area contributed by atoms with Gasteiger partial charge >= 0.3 is 14.0 Å². The molecule has 3 rings (SSSR count). The molecule has 16 heteroatoms. The fourth-order valence-corrected chi connectivity index (χ4v) is 6.74. The Bertz CT molecular complexity index is 1330. The highest BCUT2D eigenvalue weighted by molar-refractivity contribution is 7.47. The van der Waals surface area contributed by atoms with Crippen LogP contribution in [0.25, 0.3) is 5.52 Å². The van der Waals surface area contributed by atoms with E-state index in [1.165, 1.54) is 49.4 Å². The zero-order valence-corrected chi connectivity index (χ0v) is 28.4. The number of rotatable bonds is 24. The number of aliphatic hydroxyl groups excluding tert-OH is 2. The molecule has 0 aliphatic carbocycles. The smallest absolute Gasteiger partial charge is 0.387 e. The van der Waals surface area contributed by atoms with Gasteiger partial charge in [-0.25, -0.2) is 14.1 Å². The van der Waals surface area contributed by atoms with Crippen LogP contribution in [0.4, 0.5) is 19.0 Å². The van der Waals surface area contributed by atoms with Crippen LogP contribution in [0.15, 0.2) is 18.5 Å². The minimum absolute atomic E-state index is 0.0165. The predicted molar refractivity (Wildman–Crippen MR) is 172 cm³/mol. The zero-order chi connectivity index (χ0) is 35.0. The topological polar surface area (TPSA) is 185 Å². The lowest BCUT2D eigenvalue weighted by Gasteiger charge is -2.25. The van der Waals surface area contributed by atoms with Crippen molar-refractivity contribution in [2.24, 2.45) is 0 Å². The van der Waals surface area contributed by atoms with Crippen molar-refractivity contribution in [3.8, 4) is 6.07 Å². The summed E-state index contributed by atoms with van der Waals surface area (Å²) in [7, 11) is -4.57. The van der Waals surface area contributed by atoms with E-state index in [0.29, 0.717) is 24.1 Å². The van der Waals surface area contributed by atoms with Gasteiger partial charge in [-0.1, -0.05) is 96.3 Å². The molecule has 2 aromatic heterocycles. The van der Waals surface area contributed by atoms with Crippen LogP contribution in [-0.2, 0) is 18.3 Å². The largest absolute Gasteiger partial charge is 0.472 e. The van der Waals surface area contributed by atoms with Crippen molar-refractivity contribution < 1.29 is 46.6 Å². The molecule has 48 heavy (non-hydrogen) atoms. The summed E-state index contributed by atoms with van der Waals surface area (Å²) in [6.07, 6.45) is 8.78. The second kappa shape index (κ2) is 19.8. The van der Waals surface area contributed by atoms with Crippen LogP contribution >= 0.6 is 7.82 Å². The number of alkyl halides is 3. The maximum absolute atomic E-state index is 12.5. The number of aromatic nitrogens is 3. The van der Waals surface area contributed by atoms with E-state index < -0.39 is 50.9 Å². The monoisotopic (exact) mass is 705 g/mol. The molecular formula is C32H51F3N5O7P. The second-order valence-electron chi connectivity index (χ2n) is 12.6. The van der Waals surface area contributed by atoms with E-state index in [2.05, 4.69) is 10.1 Å². The first-order chi connectivity index (χ1) is 22.9. The SMILES string of the molecule is N#C[C@]1(COP(=O)(O)OCCCCCCCCCCCCCCCCCCCC(F)(F)F)O[C@@H](c2ccc3c(N)ncnn23)[C@H](O)[C@@H]1O. The van der Waals surface area contributed by atoms with E-state index >= 15 is 0 Å². The predicted octanol–water partition coefficient (Wildman–Crippen LogP) is 7.08. The van der Waals surface area contributed by atoms with Gasteiger partial charge in [0.15, 0.2) is 5.82 Å². The molecule has 5 atom stereocenters. The number of unbranched alkanes of at least 4 members (excludes halogenated alkanes) is 16. The number of nitriles is 1. The number of nitrogens with zero attached hydrogens (tertiary/aromatic N) is 4. The number of nitrogens with two attached hydrogens (primary N) is 1. The number of nitrogen functional groups attached to an aromatic ring is 1. The fraction of sp³-hybridized carbons (Fsp3) is 0.781. The standard InChI is InChI=1S/C32H51F3N5O7P/c33-32(34,35)20-16-14-12-10-8-6-4-2-1-3-5-7-9-11-13-15-17-21-45-48(43,44)46-23-31(22-36)29(42)27(41)28(47-31)25-18-19-26-30(37)38-24-39-40(25)26/h18-19,24,27-29,41-42H,1-17,20-21,23H2,(H,43,44)(H2,37,38,39)/t27-,28-,29-,31+/m0/s1. The first kappa shape index (κ1) is 40.1. The number of ether oxygens (including phenoxy) is 1. The van der Waals surface area contributed by atoms with Gasteiger partial charge in [0, 0.05) is 6.42 Å². The molecule has 12 nitrogen and oxygen atoms in total. The molecule has 0 aromatic carbocycles. The highest BCUT2D eigenvalue weighted by atomic mass is 31.2. The van der Waals surface area contributed by atoms with Gasteiger partial charge < -0.3 is 25.6 Å². The Hall–Kier alpha value is -2.31. The van der Waals surface area contributed by atoms with Crippen molar-refractivity contribution in [1.82, 2.24) is 14.6 Å². The van der Waals surface area contributed by atoms with Gasteiger partial charge in [-0.2, -0.15) is 23.5 Å². The number of anilines is 1. The van der Waals surface area contributed by atoms with Gasteiger partial charge in [0.1, 0.15) is 42.8 Å². The van der Waals surface area contributed by atoms with Gasteiger partial charge in [-0.15, -0.1) is 0 Å². The molecule has 272 valence electrons. The van der Waals surface area contributed by atoms with E-state index in [9.17, 15) is 38.1 Å². The molecule has 3 heterocycles. The normalized spacial score (nSPS) is 22.6. The van der Waals surface area contributed by atoms with E-state index in [1.54, 1.807) is 18.2 Å². The minimum atomic E-state index is -4.57. The molecule has 1 saturated heterocycles. The molecule has 2 aromatic rings. The van der Waals surface area contributed by atoms with Crippen LogP contribution in [0.3, 0.4) is 0 Å². The van der Waals surface area contributed by atoms with E-state index in [-0.39, 0.29) is 18.8 Å². The molecule has 0 saturated carbocycles. The molecule has 1 aliphatic heterocycles. The van der Waals surface area contributed by atoms with Gasteiger partial charge in [0.05, 0.1) is 12.3 Å². The molecule has 1 fully saturated rings. The third-order valence-corrected chi connectivity index (χ3v) is 9.71. The summed E-state index contributed by atoms with van der Waals surface area (Å²) in [4.78, 5) is 14.1. The highest BCUT2D eigenvalue weighted by Gasteiger charge is 2.57. The Balaban J connectivity index is 1.19. The average molecular weight is 706 g/mol. The number of hydrogen-bond donors (Lipinski definition) is 4. The van der Waals surface area contributed by atoms with Crippen LogP contribution in [0.2, 0.25) is 0 Å². The van der Waals surface area contributed by atoms with Crippen LogP contribution < -0.4 is 5.73 Å². The van der Waals surface area contributed by atoms with Crippen LogP contribution in [0.5, 0.6) is 0 Å². The van der Waals surface area contributed by atoms with Crippen molar-refractivity contribution in [2.45, 2.75) is 146 Å². The molecule has 0 radical (unpaired) electrons. The summed E-state index contributed by atoms with van der Waals surface area (Å²) in [6, 6.07) is 4.94. The molecule has 1 unspecified atom stereocenters. The Morgan fingerprint density at radius 2 is 1.44 bits per heavy atom. The maximum atomic E-state index is 12.5. The molecule has 0 bridgehead atoms. The minimum Gasteiger partial charge on any atom is -0.387 e. The maximum Gasteiger partial charge on any atom is 0.472 e. The van der Waals surface area contributed by atoms with Gasteiger partial charge in [0.2, 0.25) is 5.60 Å². The fourth-order valence-electron chi connectivity index (χ4n) is 5.95. The summed E-state index contributed by atoms with van der Waals surface area (Å²) < 4.78 is 66.0. The first-order valence-electron chi connectivity index (χ1n) is 17.1. The van der Waals surface area contributed by atoms with E-state index in [1.807, 2.05) is 0 Å². The van der Waals surface area contributed by atoms with Crippen LogP contribution in [0, 0.1) is 11.3 Å². The molecule has 0 amide bonds. The quantitative estimate of drug-likeness (QED) is 0.0646. The van der Waals surface area contributed by atoms with Gasteiger partial charge in [-0.3, -0.25) is 9.05 Å². The van der Waals surface area contributed by atoms with Crippen molar-refractivity contribution in [1.29, 1.82) is 5.26 Å². The van der Waals surface area contributed by atoms with Gasteiger partial charge in [-0.05, 0) is 25.0 Å². The zero-order valence-electron chi connectivity index (χ0n) is 27.5. The first-order valence-corrected chi connectivity index (χ1v) is 18.6. The molecular weight excluding hydrogens is 654 g/mol. The van der Waals surface area contributed by atoms with Crippen molar-refractivity contribution in [3.63, 3.8) is 0 Å². The number of hydrogen-bond acceptors (Lipinski definition) is 10. The number of phosphoric ester groups is 1. The number of halogens is 3. The number of fused-ring (bicyclic) bond motifs is 1. The summed E-state index contributed by atoms with van der Waals surface area (Å²) in [5, 5.41) is 35.3. The van der Waals surface area contributed by atoms with Crippen molar-refractivity contribution >= 4 is 19.2 Å². The Kier molecular flexibility index (Phi) is 16.5. The Morgan fingerprint density at radius 3 is 1.96 bits per heavy atom. The second-order valence-corrected chi connectivity index (χ2v) is 14.1.